The third kappa shape index (κ3) is 5.75. The molecule has 0 spiro atoms. The van der Waals surface area contributed by atoms with E-state index in [1.807, 2.05) is 39.4 Å². The lowest BCUT2D eigenvalue weighted by molar-refractivity contribution is 0.00701. The molecule has 0 saturated carbocycles. The van der Waals surface area contributed by atoms with E-state index in [-0.39, 0.29) is 36.1 Å². The van der Waals surface area contributed by atoms with Crippen LogP contribution in [0.5, 0.6) is 0 Å². The fraction of sp³-hybridized carbons (Fsp3) is 0.706. The van der Waals surface area contributed by atoms with Crippen molar-refractivity contribution in [2.24, 2.45) is 12.0 Å². The number of nitrogens with zero attached hydrogens (tertiary/aromatic N) is 4. The van der Waals surface area contributed by atoms with E-state index in [0.717, 1.165) is 17.3 Å². The normalized spacial score (nSPS) is 15.2. The molecule has 1 amide bonds. The molecule has 2 N–H and O–H groups in total. The Bertz CT molecular complexity index is 659. The van der Waals surface area contributed by atoms with Gasteiger partial charge in [-0.15, -0.1) is 24.0 Å². The molecule has 9 heteroatoms. The van der Waals surface area contributed by atoms with Gasteiger partial charge in [-0.3, -0.25) is 9.67 Å². The zero-order chi connectivity index (χ0) is 18.8. The summed E-state index contributed by atoms with van der Waals surface area (Å²) in [4.78, 5) is 17.9. The van der Waals surface area contributed by atoms with Gasteiger partial charge in [0.25, 0.3) is 0 Å². The number of aryl methyl sites for hydroxylation is 2. The number of halogens is 1. The number of amides is 1. The van der Waals surface area contributed by atoms with Crippen LogP contribution in [-0.4, -0.2) is 58.5 Å². The second kappa shape index (κ2) is 8.92. The highest BCUT2D eigenvalue weighted by molar-refractivity contribution is 14.0. The smallest absolute Gasteiger partial charge is 0.410 e. The molecule has 0 radical (unpaired) electrons. The van der Waals surface area contributed by atoms with Crippen LogP contribution in [0.4, 0.5) is 4.79 Å². The molecule has 0 atom stereocenters. The first kappa shape index (κ1) is 22.5. The van der Waals surface area contributed by atoms with Gasteiger partial charge in [0.2, 0.25) is 0 Å². The maximum absolute atomic E-state index is 12.0. The minimum absolute atomic E-state index is 0. The largest absolute Gasteiger partial charge is 0.444 e. The minimum Gasteiger partial charge on any atom is -0.444 e. The zero-order valence-corrected chi connectivity index (χ0v) is 19.0. The van der Waals surface area contributed by atoms with Gasteiger partial charge < -0.3 is 20.3 Å². The first-order valence-electron chi connectivity index (χ1n) is 8.55. The number of carbonyl (C=O) groups excluding carboxylic acids is 1. The van der Waals surface area contributed by atoms with E-state index >= 15 is 0 Å². The average molecular weight is 478 g/mol. The van der Waals surface area contributed by atoms with Gasteiger partial charge in [0, 0.05) is 45.0 Å². The SMILES string of the molecule is CN=C(NCc1c(C)nn(C)c1C)NC1CN(C(=O)OC(C)(C)C)C1.I. The molecular formula is C17H31IN6O2. The quantitative estimate of drug-likeness (QED) is 0.394. The third-order valence-corrected chi connectivity index (χ3v) is 4.19. The zero-order valence-electron chi connectivity index (χ0n) is 16.7. The number of aromatic nitrogens is 2. The Balaban J connectivity index is 0.00000338. The number of ether oxygens (including phenoxy) is 1. The van der Waals surface area contributed by atoms with E-state index in [4.69, 9.17) is 4.74 Å². The van der Waals surface area contributed by atoms with Crippen molar-refractivity contribution in [1.82, 2.24) is 25.3 Å². The molecule has 1 saturated heterocycles. The number of aliphatic imine (C=N–C) groups is 1. The summed E-state index contributed by atoms with van der Waals surface area (Å²) in [5.74, 6) is 0.719. The van der Waals surface area contributed by atoms with Gasteiger partial charge in [-0.2, -0.15) is 5.10 Å². The number of carbonyl (C=O) groups is 1. The second-order valence-electron chi connectivity index (χ2n) is 7.43. The van der Waals surface area contributed by atoms with E-state index in [9.17, 15) is 4.79 Å². The summed E-state index contributed by atoms with van der Waals surface area (Å²) in [7, 11) is 3.68. The van der Waals surface area contributed by atoms with Crippen molar-refractivity contribution in [2.75, 3.05) is 20.1 Å². The third-order valence-electron chi connectivity index (χ3n) is 4.19. The molecule has 2 rings (SSSR count). The number of likely N-dealkylation sites (tertiary alicyclic amines) is 1. The van der Waals surface area contributed by atoms with E-state index in [2.05, 4.69) is 27.6 Å². The molecule has 1 aromatic rings. The summed E-state index contributed by atoms with van der Waals surface area (Å²) < 4.78 is 7.24. The highest BCUT2D eigenvalue weighted by atomic mass is 127. The maximum atomic E-state index is 12.0. The molecular weight excluding hydrogens is 447 g/mol. The van der Waals surface area contributed by atoms with Crippen molar-refractivity contribution in [3.63, 3.8) is 0 Å². The number of hydrogen-bond acceptors (Lipinski definition) is 4. The molecule has 0 unspecified atom stereocenters. The van der Waals surface area contributed by atoms with Crippen LogP contribution in [0.3, 0.4) is 0 Å². The predicted molar refractivity (Wildman–Crippen MR) is 113 cm³/mol. The molecule has 8 nitrogen and oxygen atoms in total. The summed E-state index contributed by atoms with van der Waals surface area (Å²) >= 11 is 0. The van der Waals surface area contributed by atoms with Crippen LogP contribution in [0.1, 0.15) is 37.7 Å². The van der Waals surface area contributed by atoms with Gasteiger partial charge in [-0.1, -0.05) is 0 Å². The molecule has 0 bridgehead atoms. The molecule has 1 aliphatic heterocycles. The number of hydrogen-bond donors (Lipinski definition) is 2. The molecule has 1 aliphatic rings. The van der Waals surface area contributed by atoms with Gasteiger partial charge in [-0.25, -0.2) is 4.79 Å². The maximum Gasteiger partial charge on any atom is 0.410 e. The Morgan fingerprint density at radius 1 is 1.35 bits per heavy atom. The summed E-state index contributed by atoms with van der Waals surface area (Å²) in [6, 6.07) is 0.176. The highest BCUT2D eigenvalue weighted by Gasteiger charge is 2.34. The summed E-state index contributed by atoms with van der Waals surface area (Å²) in [6.45, 7) is 11.6. The van der Waals surface area contributed by atoms with Gasteiger partial charge in [0.05, 0.1) is 11.7 Å². The summed E-state index contributed by atoms with van der Waals surface area (Å²) in [5.41, 5.74) is 2.87. The second-order valence-corrected chi connectivity index (χ2v) is 7.43. The van der Waals surface area contributed by atoms with Crippen LogP contribution < -0.4 is 10.6 Å². The lowest BCUT2D eigenvalue weighted by Crippen LogP contribution is -2.63. The summed E-state index contributed by atoms with van der Waals surface area (Å²) in [6.07, 6.45) is -0.268. The molecule has 0 aliphatic carbocycles. The Morgan fingerprint density at radius 2 is 1.96 bits per heavy atom. The molecule has 2 heterocycles. The van der Waals surface area contributed by atoms with E-state index in [0.29, 0.717) is 19.6 Å². The van der Waals surface area contributed by atoms with Gasteiger partial charge in [0.15, 0.2) is 5.96 Å². The van der Waals surface area contributed by atoms with Crippen molar-refractivity contribution in [2.45, 2.75) is 52.8 Å². The minimum atomic E-state index is -0.466. The number of nitrogens with one attached hydrogen (secondary N) is 2. The predicted octanol–water partition coefficient (Wildman–Crippen LogP) is 1.94. The summed E-state index contributed by atoms with van der Waals surface area (Å²) in [5, 5.41) is 11.1. The molecule has 148 valence electrons. The van der Waals surface area contributed by atoms with Crippen LogP contribution in [0.2, 0.25) is 0 Å². The van der Waals surface area contributed by atoms with Gasteiger partial charge in [-0.05, 0) is 34.6 Å². The van der Waals surface area contributed by atoms with Crippen molar-refractivity contribution < 1.29 is 9.53 Å². The average Bonchev–Trinajstić information content (AvgIpc) is 2.68. The molecule has 1 aromatic heterocycles. The molecule has 26 heavy (non-hydrogen) atoms. The first-order chi connectivity index (χ1) is 11.6. The van der Waals surface area contributed by atoms with E-state index in [1.54, 1.807) is 11.9 Å². The Morgan fingerprint density at radius 3 is 2.42 bits per heavy atom. The molecule has 0 aromatic carbocycles. The fourth-order valence-corrected chi connectivity index (χ4v) is 2.68. The van der Waals surface area contributed by atoms with Crippen LogP contribution >= 0.6 is 24.0 Å². The Labute approximate surface area is 172 Å². The van der Waals surface area contributed by atoms with Crippen molar-refractivity contribution in [3.05, 3.63) is 17.0 Å². The van der Waals surface area contributed by atoms with Crippen LogP contribution in [0.15, 0.2) is 4.99 Å². The van der Waals surface area contributed by atoms with Crippen molar-refractivity contribution in [3.8, 4) is 0 Å². The van der Waals surface area contributed by atoms with Crippen molar-refractivity contribution >= 4 is 36.0 Å². The van der Waals surface area contributed by atoms with Crippen LogP contribution in [-0.2, 0) is 18.3 Å². The Hall–Kier alpha value is -1.52. The van der Waals surface area contributed by atoms with E-state index < -0.39 is 5.60 Å². The van der Waals surface area contributed by atoms with Crippen molar-refractivity contribution in [1.29, 1.82) is 0 Å². The van der Waals surface area contributed by atoms with Gasteiger partial charge >= 0.3 is 6.09 Å². The lowest BCUT2D eigenvalue weighted by atomic mass is 10.1. The van der Waals surface area contributed by atoms with Crippen LogP contribution in [0.25, 0.3) is 0 Å². The standard InChI is InChI=1S/C17H30N6O2.HI/c1-11-14(12(2)22(7)21-11)8-19-15(18-6)20-13-9-23(10-13)16(24)25-17(3,4)5;/h13H,8-10H2,1-7H3,(H2,18,19,20);1H. The highest BCUT2D eigenvalue weighted by Crippen LogP contribution is 2.15. The lowest BCUT2D eigenvalue weighted by Gasteiger charge is -2.40. The first-order valence-corrected chi connectivity index (χ1v) is 8.55. The number of rotatable bonds is 3. The van der Waals surface area contributed by atoms with E-state index in [1.165, 1.54) is 5.56 Å². The van der Waals surface area contributed by atoms with Gasteiger partial charge in [0.1, 0.15) is 5.60 Å². The number of guanidine groups is 1. The Kier molecular flexibility index (Phi) is 7.72. The monoisotopic (exact) mass is 478 g/mol. The molecule has 1 fully saturated rings. The fourth-order valence-electron chi connectivity index (χ4n) is 2.68. The topological polar surface area (TPSA) is 83.8 Å². The van der Waals surface area contributed by atoms with Crippen LogP contribution in [0, 0.1) is 13.8 Å².